The van der Waals surface area contributed by atoms with E-state index < -0.39 is 0 Å². The molecule has 1 heterocycles. The van der Waals surface area contributed by atoms with Gasteiger partial charge in [-0.25, -0.2) is 4.39 Å². The molecule has 0 aliphatic carbocycles. The molecule has 1 N–H and O–H groups in total. The van der Waals surface area contributed by atoms with Crippen LogP contribution in [0.15, 0.2) is 24.3 Å². The molecule has 0 saturated carbocycles. The second-order valence-corrected chi connectivity index (χ2v) is 6.41. The zero-order chi connectivity index (χ0) is 15.2. The van der Waals surface area contributed by atoms with Gasteiger partial charge in [0.2, 0.25) is 0 Å². The van der Waals surface area contributed by atoms with Crippen LogP contribution in [0.4, 0.5) is 4.39 Å². The van der Waals surface area contributed by atoms with Crippen LogP contribution >= 0.6 is 0 Å². The molecule has 0 amide bonds. The van der Waals surface area contributed by atoms with E-state index in [4.69, 9.17) is 0 Å². The van der Waals surface area contributed by atoms with Crippen molar-refractivity contribution in [3.05, 3.63) is 35.6 Å². The van der Waals surface area contributed by atoms with Gasteiger partial charge in [0.25, 0.3) is 0 Å². The van der Waals surface area contributed by atoms with Crippen LogP contribution in [0.3, 0.4) is 0 Å². The van der Waals surface area contributed by atoms with E-state index in [0.717, 1.165) is 11.5 Å². The van der Waals surface area contributed by atoms with Crippen molar-refractivity contribution in [3.63, 3.8) is 0 Å². The van der Waals surface area contributed by atoms with Crippen molar-refractivity contribution < 1.29 is 4.39 Å². The summed E-state index contributed by atoms with van der Waals surface area (Å²) in [5.41, 5.74) is 1.03. The molecule has 2 atom stereocenters. The van der Waals surface area contributed by atoms with Gasteiger partial charge in [-0.15, -0.1) is 0 Å². The number of halogens is 1. The van der Waals surface area contributed by atoms with Crippen LogP contribution in [0, 0.1) is 11.7 Å². The average Bonchev–Trinajstić information content (AvgIpc) is 2.48. The van der Waals surface area contributed by atoms with E-state index in [2.05, 4.69) is 31.0 Å². The lowest BCUT2D eigenvalue weighted by Gasteiger charge is -2.36. The number of nitrogens with zero attached hydrogens (tertiary/aromatic N) is 1. The van der Waals surface area contributed by atoms with Crippen molar-refractivity contribution in [3.8, 4) is 0 Å². The molecule has 1 aliphatic heterocycles. The Labute approximate surface area is 128 Å². The number of hydrogen-bond acceptors (Lipinski definition) is 2. The quantitative estimate of drug-likeness (QED) is 0.853. The highest BCUT2D eigenvalue weighted by Gasteiger charge is 2.24. The first kappa shape index (κ1) is 16.4. The second kappa shape index (κ2) is 7.90. The molecule has 0 aromatic heterocycles. The smallest absolute Gasteiger partial charge is 0.123 e. The van der Waals surface area contributed by atoms with Crippen LogP contribution < -0.4 is 5.32 Å². The molecule has 3 heteroatoms. The Hall–Kier alpha value is -0.930. The second-order valence-electron chi connectivity index (χ2n) is 6.41. The Balaban J connectivity index is 1.83. The number of rotatable bonds is 6. The fourth-order valence-electron chi connectivity index (χ4n) is 3.40. The first-order valence-electron chi connectivity index (χ1n) is 8.34. The van der Waals surface area contributed by atoms with Crippen molar-refractivity contribution in [2.24, 2.45) is 5.92 Å². The van der Waals surface area contributed by atoms with Gasteiger partial charge in [0, 0.05) is 12.1 Å². The summed E-state index contributed by atoms with van der Waals surface area (Å²) in [7, 11) is 0. The van der Waals surface area contributed by atoms with Crippen LogP contribution in [-0.2, 0) is 0 Å². The van der Waals surface area contributed by atoms with E-state index in [-0.39, 0.29) is 11.9 Å². The van der Waals surface area contributed by atoms with Gasteiger partial charge < -0.3 is 10.2 Å². The molecule has 1 fully saturated rings. The molecule has 1 aliphatic rings. The van der Waals surface area contributed by atoms with Crippen molar-refractivity contribution in [2.75, 3.05) is 19.6 Å². The lowest BCUT2D eigenvalue weighted by Crippen LogP contribution is -2.42. The molecule has 1 aromatic rings. The Morgan fingerprint density at radius 2 is 2.00 bits per heavy atom. The minimum absolute atomic E-state index is 0.151. The summed E-state index contributed by atoms with van der Waals surface area (Å²) >= 11 is 0. The van der Waals surface area contributed by atoms with Crippen LogP contribution in [0.25, 0.3) is 0 Å². The number of hydrogen-bond donors (Lipinski definition) is 1. The van der Waals surface area contributed by atoms with Gasteiger partial charge in [0.1, 0.15) is 5.82 Å². The molecule has 21 heavy (non-hydrogen) atoms. The van der Waals surface area contributed by atoms with Gasteiger partial charge in [-0.05, 0) is 76.4 Å². The summed E-state index contributed by atoms with van der Waals surface area (Å²) in [4.78, 5) is 2.57. The van der Waals surface area contributed by atoms with Crippen molar-refractivity contribution in [2.45, 2.75) is 52.1 Å². The number of nitrogens with one attached hydrogen (secondary N) is 1. The molecule has 1 aromatic carbocycles. The third-order valence-electron chi connectivity index (χ3n) is 4.74. The Morgan fingerprint density at radius 1 is 1.29 bits per heavy atom. The molecule has 2 rings (SSSR count). The zero-order valence-corrected chi connectivity index (χ0v) is 13.6. The SMILES string of the molecule is CCCN1CCC(C(C)N[C@@H](C)c2cccc(F)c2)CC1. The Morgan fingerprint density at radius 3 is 2.62 bits per heavy atom. The average molecular weight is 292 g/mol. The minimum atomic E-state index is -0.151. The van der Waals surface area contributed by atoms with Crippen LogP contribution in [0.1, 0.15) is 51.6 Å². The Kier molecular flexibility index (Phi) is 6.19. The summed E-state index contributed by atoms with van der Waals surface area (Å²) in [6, 6.07) is 7.60. The van der Waals surface area contributed by atoms with Crippen molar-refractivity contribution in [1.29, 1.82) is 0 Å². The summed E-state index contributed by atoms with van der Waals surface area (Å²) in [6.45, 7) is 10.3. The monoisotopic (exact) mass is 292 g/mol. The van der Waals surface area contributed by atoms with E-state index in [0.29, 0.717) is 6.04 Å². The predicted molar refractivity (Wildman–Crippen MR) is 86.9 cm³/mol. The zero-order valence-electron chi connectivity index (χ0n) is 13.6. The summed E-state index contributed by atoms with van der Waals surface area (Å²) in [5.74, 6) is 0.579. The standard InChI is InChI=1S/C18H29FN2/c1-4-10-21-11-8-16(9-12-21)14(2)20-15(3)17-6-5-7-18(19)13-17/h5-7,13-16,20H,4,8-12H2,1-3H3/t14?,15-/m0/s1. The van der Waals surface area contributed by atoms with Crippen LogP contribution in [0.5, 0.6) is 0 Å². The summed E-state index contributed by atoms with van der Waals surface area (Å²) < 4.78 is 13.3. The maximum atomic E-state index is 13.3. The normalized spacial score (nSPS) is 20.4. The van der Waals surface area contributed by atoms with Gasteiger partial charge in [-0.3, -0.25) is 0 Å². The predicted octanol–water partition coefficient (Wildman–Crippen LogP) is 3.99. The third-order valence-corrected chi connectivity index (χ3v) is 4.74. The van der Waals surface area contributed by atoms with Crippen LogP contribution in [0.2, 0.25) is 0 Å². The topological polar surface area (TPSA) is 15.3 Å². The Bertz CT molecular complexity index is 427. The largest absolute Gasteiger partial charge is 0.307 e. The minimum Gasteiger partial charge on any atom is -0.307 e. The molecule has 0 spiro atoms. The summed E-state index contributed by atoms with van der Waals surface area (Å²) in [5, 5.41) is 3.65. The number of likely N-dealkylation sites (tertiary alicyclic amines) is 1. The molecule has 1 unspecified atom stereocenters. The van der Waals surface area contributed by atoms with Gasteiger partial charge in [0.05, 0.1) is 0 Å². The van der Waals surface area contributed by atoms with Crippen molar-refractivity contribution >= 4 is 0 Å². The molecule has 0 bridgehead atoms. The van der Waals surface area contributed by atoms with Crippen molar-refractivity contribution in [1.82, 2.24) is 10.2 Å². The maximum Gasteiger partial charge on any atom is 0.123 e. The highest BCUT2D eigenvalue weighted by Crippen LogP contribution is 2.23. The number of piperidine rings is 1. The van der Waals surface area contributed by atoms with Gasteiger partial charge in [-0.1, -0.05) is 19.1 Å². The fraction of sp³-hybridized carbons (Fsp3) is 0.667. The fourth-order valence-corrected chi connectivity index (χ4v) is 3.40. The first-order chi connectivity index (χ1) is 10.1. The van der Waals surface area contributed by atoms with Gasteiger partial charge >= 0.3 is 0 Å². The lowest BCUT2D eigenvalue weighted by molar-refractivity contribution is 0.159. The molecular weight excluding hydrogens is 263 g/mol. The van der Waals surface area contributed by atoms with E-state index in [9.17, 15) is 4.39 Å². The molecule has 1 saturated heterocycles. The molecule has 0 radical (unpaired) electrons. The van der Waals surface area contributed by atoms with Crippen LogP contribution in [-0.4, -0.2) is 30.6 Å². The number of benzene rings is 1. The van der Waals surface area contributed by atoms with E-state index in [1.165, 1.54) is 45.0 Å². The summed E-state index contributed by atoms with van der Waals surface area (Å²) in [6.07, 6.45) is 3.78. The first-order valence-corrected chi connectivity index (χ1v) is 8.34. The van der Waals surface area contributed by atoms with E-state index in [1.807, 2.05) is 6.07 Å². The highest BCUT2D eigenvalue weighted by atomic mass is 19.1. The molecule has 118 valence electrons. The lowest BCUT2D eigenvalue weighted by atomic mass is 9.89. The molecular formula is C18H29FN2. The van der Waals surface area contributed by atoms with E-state index >= 15 is 0 Å². The van der Waals surface area contributed by atoms with E-state index in [1.54, 1.807) is 12.1 Å². The molecule has 2 nitrogen and oxygen atoms in total. The van der Waals surface area contributed by atoms with Gasteiger partial charge in [0.15, 0.2) is 0 Å². The van der Waals surface area contributed by atoms with Gasteiger partial charge in [-0.2, -0.15) is 0 Å². The maximum absolute atomic E-state index is 13.3. The highest BCUT2D eigenvalue weighted by molar-refractivity contribution is 5.19. The third kappa shape index (κ3) is 4.79.